The predicted octanol–water partition coefficient (Wildman–Crippen LogP) is 3.53. The first-order valence-electron chi connectivity index (χ1n) is 8.20. The van der Waals surface area contributed by atoms with Gasteiger partial charge >= 0.3 is 0 Å². The van der Waals surface area contributed by atoms with E-state index in [9.17, 15) is 4.79 Å². The largest absolute Gasteiger partial charge is 0.370 e. The molecule has 1 aliphatic carbocycles. The minimum atomic E-state index is 0.0315. The van der Waals surface area contributed by atoms with Crippen LogP contribution in [-0.2, 0) is 6.42 Å². The number of anilines is 1. The highest BCUT2D eigenvalue weighted by Gasteiger charge is 2.36. The van der Waals surface area contributed by atoms with Crippen molar-refractivity contribution in [2.45, 2.75) is 64.8 Å². The Labute approximate surface area is 127 Å². The predicted molar refractivity (Wildman–Crippen MR) is 86.7 cm³/mol. The first-order valence-corrected chi connectivity index (χ1v) is 8.20. The van der Waals surface area contributed by atoms with Crippen molar-refractivity contribution in [2.75, 3.05) is 11.9 Å². The van der Waals surface area contributed by atoms with Gasteiger partial charge in [0.1, 0.15) is 5.82 Å². The van der Waals surface area contributed by atoms with E-state index in [1.165, 1.54) is 6.42 Å². The molecule has 2 N–H and O–H groups in total. The molecule has 116 valence electrons. The van der Waals surface area contributed by atoms with E-state index in [1.54, 1.807) is 0 Å². The number of carbonyl (C=O) groups is 1. The van der Waals surface area contributed by atoms with Gasteiger partial charge in [0, 0.05) is 23.3 Å². The Morgan fingerprint density at radius 1 is 1.29 bits per heavy atom. The van der Waals surface area contributed by atoms with Gasteiger partial charge in [-0.15, -0.1) is 0 Å². The number of pyridine rings is 1. The molecule has 21 heavy (non-hydrogen) atoms. The highest BCUT2D eigenvalue weighted by Crippen LogP contribution is 2.34. The SMILES string of the molecule is CCCNc1cc(C(=O)NC2(CC)CCC2)cc(CC)n1. The van der Waals surface area contributed by atoms with Crippen LogP contribution in [0.1, 0.15) is 68.9 Å². The van der Waals surface area contributed by atoms with Gasteiger partial charge in [0.25, 0.3) is 5.91 Å². The van der Waals surface area contributed by atoms with Crippen molar-refractivity contribution in [3.8, 4) is 0 Å². The molecule has 0 aliphatic heterocycles. The summed E-state index contributed by atoms with van der Waals surface area (Å²) in [4.78, 5) is 17.1. The lowest BCUT2D eigenvalue weighted by molar-refractivity contribution is 0.0820. The molecule has 0 saturated heterocycles. The summed E-state index contributed by atoms with van der Waals surface area (Å²) in [7, 11) is 0. The van der Waals surface area contributed by atoms with Crippen molar-refractivity contribution in [3.05, 3.63) is 23.4 Å². The maximum Gasteiger partial charge on any atom is 0.251 e. The van der Waals surface area contributed by atoms with Crippen molar-refractivity contribution in [3.63, 3.8) is 0 Å². The zero-order chi connectivity index (χ0) is 15.3. The van der Waals surface area contributed by atoms with E-state index < -0.39 is 0 Å². The molecular weight excluding hydrogens is 262 g/mol. The Bertz CT molecular complexity index is 489. The van der Waals surface area contributed by atoms with Crippen LogP contribution >= 0.6 is 0 Å². The lowest BCUT2D eigenvalue weighted by Crippen LogP contribution is -2.53. The summed E-state index contributed by atoms with van der Waals surface area (Å²) in [5, 5.41) is 6.51. The lowest BCUT2D eigenvalue weighted by atomic mass is 9.74. The summed E-state index contributed by atoms with van der Waals surface area (Å²) < 4.78 is 0. The van der Waals surface area contributed by atoms with E-state index >= 15 is 0 Å². The number of carbonyl (C=O) groups excluding carboxylic acids is 1. The van der Waals surface area contributed by atoms with E-state index in [-0.39, 0.29) is 11.4 Å². The quantitative estimate of drug-likeness (QED) is 0.807. The molecule has 0 radical (unpaired) electrons. The second-order valence-corrected chi connectivity index (χ2v) is 5.95. The molecule has 0 spiro atoms. The number of nitrogens with zero attached hydrogens (tertiary/aromatic N) is 1. The Morgan fingerprint density at radius 2 is 2.05 bits per heavy atom. The van der Waals surface area contributed by atoms with Gasteiger partial charge in [0.15, 0.2) is 0 Å². The van der Waals surface area contributed by atoms with Crippen LogP contribution in [0.5, 0.6) is 0 Å². The normalized spacial score (nSPS) is 16.1. The van der Waals surface area contributed by atoms with Crippen molar-refractivity contribution in [1.82, 2.24) is 10.3 Å². The van der Waals surface area contributed by atoms with Gasteiger partial charge in [-0.05, 0) is 50.7 Å². The zero-order valence-electron chi connectivity index (χ0n) is 13.5. The Kier molecular flexibility index (Phi) is 5.21. The second-order valence-electron chi connectivity index (χ2n) is 5.95. The second kappa shape index (κ2) is 6.92. The molecule has 0 unspecified atom stereocenters. The molecule has 0 bridgehead atoms. The van der Waals surface area contributed by atoms with Gasteiger partial charge < -0.3 is 10.6 Å². The molecule has 4 heteroatoms. The third kappa shape index (κ3) is 3.74. The van der Waals surface area contributed by atoms with Gasteiger partial charge in [0.2, 0.25) is 0 Å². The molecule has 1 aliphatic rings. The van der Waals surface area contributed by atoms with Gasteiger partial charge in [0.05, 0.1) is 0 Å². The van der Waals surface area contributed by atoms with Crippen LogP contribution in [-0.4, -0.2) is 23.0 Å². The smallest absolute Gasteiger partial charge is 0.251 e. The lowest BCUT2D eigenvalue weighted by Gasteiger charge is -2.42. The van der Waals surface area contributed by atoms with Gasteiger partial charge in [-0.2, -0.15) is 0 Å². The number of hydrogen-bond donors (Lipinski definition) is 2. The van der Waals surface area contributed by atoms with Crippen LogP contribution < -0.4 is 10.6 Å². The van der Waals surface area contributed by atoms with Crippen LogP contribution in [0.15, 0.2) is 12.1 Å². The summed E-state index contributed by atoms with van der Waals surface area (Å²) in [6.07, 6.45) is 6.29. The van der Waals surface area contributed by atoms with E-state index in [4.69, 9.17) is 0 Å². The van der Waals surface area contributed by atoms with E-state index in [0.29, 0.717) is 0 Å². The third-order valence-corrected chi connectivity index (χ3v) is 4.43. The highest BCUT2D eigenvalue weighted by molar-refractivity contribution is 5.95. The van der Waals surface area contributed by atoms with Crippen molar-refractivity contribution >= 4 is 11.7 Å². The molecule has 1 fully saturated rings. The first kappa shape index (κ1) is 15.8. The maximum atomic E-state index is 12.5. The van der Waals surface area contributed by atoms with Crippen LogP contribution in [0, 0.1) is 0 Å². The van der Waals surface area contributed by atoms with E-state index in [1.807, 2.05) is 12.1 Å². The summed E-state index contributed by atoms with van der Waals surface area (Å²) in [6.45, 7) is 7.21. The zero-order valence-corrected chi connectivity index (χ0v) is 13.5. The van der Waals surface area contributed by atoms with Crippen LogP contribution in [0.4, 0.5) is 5.82 Å². The molecule has 1 aromatic heterocycles. The standard InChI is InChI=1S/C17H27N3O/c1-4-10-18-15-12-13(11-14(5-2)19-15)16(21)20-17(6-3)8-7-9-17/h11-12H,4-10H2,1-3H3,(H,18,19)(H,20,21). The molecule has 0 atom stereocenters. The first-order chi connectivity index (χ1) is 10.1. The summed E-state index contributed by atoms with van der Waals surface area (Å²) in [6, 6.07) is 3.78. The Balaban J connectivity index is 2.15. The minimum Gasteiger partial charge on any atom is -0.370 e. The van der Waals surface area contributed by atoms with E-state index in [0.717, 1.165) is 55.7 Å². The summed E-state index contributed by atoms with van der Waals surface area (Å²) in [5.74, 6) is 0.841. The number of rotatable bonds is 7. The van der Waals surface area contributed by atoms with Crippen LogP contribution in [0.25, 0.3) is 0 Å². The summed E-state index contributed by atoms with van der Waals surface area (Å²) in [5.41, 5.74) is 1.71. The molecule has 1 aromatic rings. The van der Waals surface area contributed by atoms with Crippen LogP contribution in [0.3, 0.4) is 0 Å². The monoisotopic (exact) mass is 289 g/mol. The molecule has 1 amide bonds. The van der Waals surface area contributed by atoms with Gasteiger partial charge in [-0.1, -0.05) is 20.8 Å². The Hall–Kier alpha value is -1.58. The molecule has 0 aromatic carbocycles. The van der Waals surface area contributed by atoms with Crippen molar-refractivity contribution < 1.29 is 4.79 Å². The fourth-order valence-corrected chi connectivity index (χ4v) is 2.73. The number of hydrogen-bond acceptors (Lipinski definition) is 3. The van der Waals surface area contributed by atoms with Crippen molar-refractivity contribution in [2.24, 2.45) is 0 Å². The average Bonchev–Trinajstić information content (AvgIpc) is 2.48. The van der Waals surface area contributed by atoms with Crippen LogP contribution in [0.2, 0.25) is 0 Å². The fraction of sp³-hybridized carbons (Fsp3) is 0.647. The topological polar surface area (TPSA) is 54.0 Å². The number of aromatic nitrogens is 1. The average molecular weight is 289 g/mol. The van der Waals surface area contributed by atoms with E-state index in [2.05, 4.69) is 36.4 Å². The molecular formula is C17H27N3O. The maximum absolute atomic E-state index is 12.5. The number of aryl methyl sites for hydroxylation is 1. The molecule has 1 heterocycles. The molecule has 1 saturated carbocycles. The highest BCUT2D eigenvalue weighted by atomic mass is 16.1. The third-order valence-electron chi connectivity index (χ3n) is 4.43. The summed E-state index contributed by atoms with van der Waals surface area (Å²) >= 11 is 0. The fourth-order valence-electron chi connectivity index (χ4n) is 2.73. The molecule has 4 nitrogen and oxygen atoms in total. The number of amides is 1. The Morgan fingerprint density at radius 3 is 2.57 bits per heavy atom. The van der Waals surface area contributed by atoms with Gasteiger partial charge in [-0.3, -0.25) is 4.79 Å². The molecule has 2 rings (SSSR count). The van der Waals surface area contributed by atoms with Gasteiger partial charge in [-0.25, -0.2) is 4.98 Å². The number of nitrogens with one attached hydrogen (secondary N) is 2. The van der Waals surface area contributed by atoms with Crippen molar-refractivity contribution in [1.29, 1.82) is 0 Å². The minimum absolute atomic E-state index is 0.0315.